The molecule has 7 heteroatoms. The van der Waals surface area contributed by atoms with Gasteiger partial charge in [-0.25, -0.2) is 8.42 Å². The SMILES string of the molecule is CCC1CCN(S(=O)(=O)c2c(Cl)cc(N)cc2Cl)CC1. The van der Waals surface area contributed by atoms with E-state index in [4.69, 9.17) is 28.9 Å². The van der Waals surface area contributed by atoms with E-state index in [1.807, 2.05) is 0 Å². The molecule has 0 saturated carbocycles. The lowest BCUT2D eigenvalue weighted by Crippen LogP contribution is -2.38. The van der Waals surface area contributed by atoms with Crippen molar-refractivity contribution in [2.45, 2.75) is 31.1 Å². The number of nitrogens with zero attached hydrogens (tertiary/aromatic N) is 1. The molecule has 0 atom stereocenters. The minimum atomic E-state index is -3.66. The summed E-state index contributed by atoms with van der Waals surface area (Å²) in [5, 5.41) is 0.153. The summed E-state index contributed by atoms with van der Waals surface area (Å²) in [7, 11) is -3.66. The number of nitrogen functional groups attached to an aromatic ring is 1. The zero-order valence-electron chi connectivity index (χ0n) is 11.3. The van der Waals surface area contributed by atoms with Gasteiger partial charge in [-0.1, -0.05) is 36.5 Å². The van der Waals surface area contributed by atoms with E-state index in [1.54, 1.807) is 0 Å². The molecule has 0 amide bonds. The number of hydrogen-bond donors (Lipinski definition) is 1. The molecule has 1 heterocycles. The Morgan fingerprint density at radius 2 is 1.75 bits per heavy atom. The average molecular weight is 337 g/mol. The zero-order valence-corrected chi connectivity index (χ0v) is 13.6. The molecular formula is C13H18Cl2N2O2S. The first-order valence-corrected chi connectivity index (χ1v) is 8.80. The lowest BCUT2D eigenvalue weighted by Gasteiger charge is -2.31. The Balaban J connectivity index is 2.32. The smallest absolute Gasteiger partial charge is 0.246 e. The van der Waals surface area contributed by atoms with Gasteiger partial charge in [0.1, 0.15) is 4.90 Å². The van der Waals surface area contributed by atoms with E-state index in [0.717, 1.165) is 19.3 Å². The van der Waals surface area contributed by atoms with Gasteiger partial charge in [0.2, 0.25) is 10.0 Å². The fourth-order valence-corrected chi connectivity index (χ4v) is 5.16. The van der Waals surface area contributed by atoms with Crippen molar-refractivity contribution in [1.29, 1.82) is 0 Å². The summed E-state index contributed by atoms with van der Waals surface area (Å²) >= 11 is 12.0. The van der Waals surface area contributed by atoms with Crippen LogP contribution in [0.5, 0.6) is 0 Å². The Morgan fingerprint density at radius 1 is 1.25 bits per heavy atom. The van der Waals surface area contributed by atoms with Crippen LogP contribution >= 0.6 is 23.2 Å². The van der Waals surface area contributed by atoms with E-state index < -0.39 is 10.0 Å². The molecule has 1 aromatic carbocycles. The lowest BCUT2D eigenvalue weighted by molar-refractivity contribution is 0.269. The maximum absolute atomic E-state index is 12.7. The second-order valence-electron chi connectivity index (χ2n) is 5.07. The van der Waals surface area contributed by atoms with Gasteiger partial charge in [-0.3, -0.25) is 0 Å². The van der Waals surface area contributed by atoms with Gasteiger partial charge in [0, 0.05) is 18.8 Å². The molecule has 0 unspecified atom stereocenters. The molecule has 2 N–H and O–H groups in total. The van der Waals surface area contributed by atoms with Crippen molar-refractivity contribution in [2.24, 2.45) is 5.92 Å². The first-order chi connectivity index (χ1) is 9.36. The van der Waals surface area contributed by atoms with Crippen LogP contribution in [0.1, 0.15) is 26.2 Å². The molecule has 1 saturated heterocycles. The largest absolute Gasteiger partial charge is 0.399 e. The average Bonchev–Trinajstić information content (AvgIpc) is 2.37. The highest BCUT2D eigenvalue weighted by Crippen LogP contribution is 2.35. The second kappa shape index (κ2) is 6.10. The van der Waals surface area contributed by atoms with Gasteiger partial charge in [0.15, 0.2) is 0 Å². The highest BCUT2D eigenvalue weighted by Gasteiger charge is 2.32. The summed E-state index contributed by atoms with van der Waals surface area (Å²) in [5.74, 6) is 0.596. The Morgan fingerprint density at radius 3 is 2.20 bits per heavy atom. The molecule has 20 heavy (non-hydrogen) atoms. The van der Waals surface area contributed by atoms with Crippen LogP contribution in [0.3, 0.4) is 0 Å². The third kappa shape index (κ3) is 3.06. The van der Waals surface area contributed by atoms with Gasteiger partial charge in [-0.15, -0.1) is 0 Å². The van der Waals surface area contributed by atoms with E-state index in [9.17, 15) is 8.42 Å². The van der Waals surface area contributed by atoms with Gasteiger partial charge in [-0.2, -0.15) is 4.31 Å². The van der Waals surface area contributed by atoms with E-state index >= 15 is 0 Å². The quantitative estimate of drug-likeness (QED) is 0.860. The number of rotatable bonds is 3. The Labute approximate surface area is 129 Å². The first-order valence-electron chi connectivity index (χ1n) is 6.61. The van der Waals surface area contributed by atoms with Crippen molar-refractivity contribution in [3.8, 4) is 0 Å². The van der Waals surface area contributed by atoms with Crippen molar-refractivity contribution in [1.82, 2.24) is 4.31 Å². The van der Waals surface area contributed by atoms with Crippen LogP contribution in [0.2, 0.25) is 10.0 Å². The summed E-state index contributed by atoms with van der Waals surface area (Å²) < 4.78 is 26.8. The van der Waals surface area contributed by atoms with Crippen molar-refractivity contribution < 1.29 is 8.42 Å². The van der Waals surface area contributed by atoms with Gasteiger partial charge < -0.3 is 5.73 Å². The van der Waals surface area contributed by atoms with E-state index in [1.165, 1.54) is 16.4 Å². The third-order valence-corrected chi connectivity index (χ3v) is 6.59. The van der Waals surface area contributed by atoms with Crippen LogP contribution in [0, 0.1) is 5.92 Å². The fourth-order valence-electron chi connectivity index (χ4n) is 2.51. The summed E-state index contributed by atoms with van der Waals surface area (Å²) in [5.41, 5.74) is 5.96. The number of nitrogens with two attached hydrogens (primary N) is 1. The predicted molar refractivity (Wildman–Crippen MR) is 82.6 cm³/mol. The normalized spacial score (nSPS) is 18.4. The predicted octanol–water partition coefficient (Wildman–Crippen LogP) is 3.39. The Bertz CT molecular complexity index is 573. The van der Waals surface area contributed by atoms with Crippen molar-refractivity contribution in [3.63, 3.8) is 0 Å². The number of halogens is 2. The highest BCUT2D eigenvalue weighted by molar-refractivity contribution is 7.89. The van der Waals surface area contributed by atoms with Crippen molar-refractivity contribution >= 4 is 38.9 Å². The van der Waals surface area contributed by atoms with Crippen LogP contribution in [-0.2, 0) is 10.0 Å². The van der Waals surface area contributed by atoms with Crippen LogP contribution in [-0.4, -0.2) is 25.8 Å². The molecule has 1 aromatic rings. The summed E-state index contributed by atoms with van der Waals surface area (Å²) in [6.45, 7) is 3.15. The first kappa shape index (κ1) is 15.9. The molecule has 1 aliphatic rings. The minimum absolute atomic E-state index is 0.0371. The molecule has 4 nitrogen and oxygen atoms in total. The van der Waals surface area contributed by atoms with Crippen molar-refractivity contribution in [2.75, 3.05) is 18.8 Å². The number of piperidine rings is 1. The molecule has 112 valence electrons. The summed E-state index contributed by atoms with van der Waals surface area (Å²) in [4.78, 5) is -0.0371. The number of sulfonamides is 1. The van der Waals surface area contributed by atoms with Crippen LogP contribution < -0.4 is 5.73 Å². The molecule has 1 aliphatic heterocycles. The van der Waals surface area contributed by atoms with Gasteiger partial charge in [0.25, 0.3) is 0 Å². The molecule has 0 aromatic heterocycles. The van der Waals surface area contributed by atoms with E-state index in [2.05, 4.69) is 6.92 Å². The zero-order chi connectivity index (χ0) is 14.9. The van der Waals surface area contributed by atoms with Crippen molar-refractivity contribution in [3.05, 3.63) is 22.2 Å². The Kier molecular flexibility index (Phi) is 4.84. The topological polar surface area (TPSA) is 63.4 Å². The highest BCUT2D eigenvalue weighted by atomic mass is 35.5. The molecule has 0 radical (unpaired) electrons. The van der Waals surface area contributed by atoms with Crippen LogP contribution in [0.15, 0.2) is 17.0 Å². The van der Waals surface area contributed by atoms with Gasteiger partial charge >= 0.3 is 0 Å². The Hall–Kier alpha value is -0.490. The lowest BCUT2D eigenvalue weighted by atomic mass is 9.96. The van der Waals surface area contributed by atoms with E-state index in [0.29, 0.717) is 24.7 Å². The fraction of sp³-hybridized carbons (Fsp3) is 0.538. The second-order valence-corrected chi connectivity index (χ2v) is 7.76. The maximum atomic E-state index is 12.7. The molecule has 1 fully saturated rings. The van der Waals surface area contributed by atoms with Crippen LogP contribution in [0.4, 0.5) is 5.69 Å². The standard InChI is InChI=1S/C13H18Cl2N2O2S/c1-2-9-3-5-17(6-4-9)20(18,19)13-11(14)7-10(16)8-12(13)15/h7-9H,2-6,16H2,1H3. The maximum Gasteiger partial charge on any atom is 0.246 e. The molecular weight excluding hydrogens is 319 g/mol. The molecule has 0 aliphatic carbocycles. The number of hydrogen-bond acceptors (Lipinski definition) is 3. The van der Waals surface area contributed by atoms with E-state index in [-0.39, 0.29) is 14.9 Å². The molecule has 0 spiro atoms. The summed E-state index contributed by atoms with van der Waals surface area (Å²) in [6, 6.07) is 2.83. The van der Waals surface area contributed by atoms with Gasteiger partial charge in [-0.05, 0) is 30.9 Å². The number of anilines is 1. The minimum Gasteiger partial charge on any atom is -0.399 e. The van der Waals surface area contributed by atoms with Gasteiger partial charge in [0.05, 0.1) is 10.0 Å². The molecule has 0 bridgehead atoms. The summed E-state index contributed by atoms with van der Waals surface area (Å²) in [6.07, 6.45) is 2.83. The third-order valence-electron chi connectivity index (χ3n) is 3.77. The van der Waals surface area contributed by atoms with Crippen LogP contribution in [0.25, 0.3) is 0 Å². The number of benzene rings is 1. The molecule has 2 rings (SSSR count). The monoisotopic (exact) mass is 336 g/mol.